The second-order valence-electron chi connectivity index (χ2n) is 5.76. The van der Waals surface area contributed by atoms with Crippen molar-refractivity contribution in [2.45, 2.75) is 13.3 Å². The Morgan fingerprint density at radius 3 is 2.46 bits per heavy atom. The standard InChI is InChI=1S/C19H17ClN2O4/c1-11-15(10-18(23)26-21)16-9-14(25-2)7-8-17(16)22(11)19(24)12-3-5-13(20)6-4-12/h3-9H,10,21H2,1-2H3. The third-order valence-electron chi connectivity index (χ3n) is 4.29. The van der Waals surface area contributed by atoms with Gasteiger partial charge in [0, 0.05) is 21.7 Å². The monoisotopic (exact) mass is 372 g/mol. The third kappa shape index (κ3) is 3.16. The number of hydrogen-bond acceptors (Lipinski definition) is 5. The summed E-state index contributed by atoms with van der Waals surface area (Å²) in [6.07, 6.45) is -0.0487. The predicted octanol–water partition coefficient (Wildman–Crippen LogP) is 3.26. The lowest BCUT2D eigenvalue weighted by molar-refractivity contribution is -0.143. The molecule has 0 amide bonds. The zero-order valence-electron chi connectivity index (χ0n) is 14.3. The summed E-state index contributed by atoms with van der Waals surface area (Å²) in [6.45, 7) is 1.78. The lowest BCUT2D eigenvalue weighted by atomic mass is 10.1. The Morgan fingerprint density at radius 1 is 1.15 bits per heavy atom. The van der Waals surface area contributed by atoms with Crippen molar-refractivity contribution in [2.75, 3.05) is 7.11 Å². The fraction of sp³-hybridized carbons (Fsp3) is 0.158. The maximum atomic E-state index is 13.1. The number of carbonyl (C=O) groups is 2. The third-order valence-corrected chi connectivity index (χ3v) is 4.54. The molecule has 3 aromatic rings. The average molecular weight is 373 g/mol. The molecule has 3 rings (SSSR count). The van der Waals surface area contributed by atoms with Crippen LogP contribution in [0.25, 0.3) is 10.9 Å². The van der Waals surface area contributed by atoms with Crippen molar-refractivity contribution in [1.82, 2.24) is 4.57 Å². The summed E-state index contributed by atoms with van der Waals surface area (Å²) in [6, 6.07) is 12.0. The summed E-state index contributed by atoms with van der Waals surface area (Å²) >= 11 is 5.90. The second kappa shape index (κ2) is 7.19. The van der Waals surface area contributed by atoms with E-state index in [0.29, 0.717) is 33.1 Å². The number of fused-ring (bicyclic) bond motifs is 1. The highest BCUT2D eigenvalue weighted by molar-refractivity contribution is 6.30. The van der Waals surface area contributed by atoms with Gasteiger partial charge >= 0.3 is 5.97 Å². The zero-order chi connectivity index (χ0) is 18.8. The van der Waals surface area contributed by atoms with Gasteiger partial charge in [-0.3, -0.25) is 14.2 Å². The second-order valence-corrected chi connectivity index (χ2v) is 6.20. The lowest BCUT2D eigenvalue weighted by Crippen LogP contribution is -2.15. The molecular formula is C19H17ClN2O4. The Balaban J connectivity index is 2.21. The number of rotatable bonds is 4. The number of halogens is 1. The molecule has 26 heavy (non-hydrogen) atoms. The smallest absolute Gasteiger partial charge is 0.328 e. The Bertz CT molecular complexity index is 993. The van der Waals surface area contributed by atoms with Gasteiger partial charge in [0.15, 0.2) is 0 Å². The Hall–Kier alpha value is -2.83. The van der Waals surface area contributed by atoms with E-state index < -0.39 is 5.97 Å². The molecule has 2 aromatic carbocycles. The van der Waals surface area contributed by atoms with Crippen molar-refractivity contribution < 1.29 is 19.2 Å². The Labute approximate surface area is 155 Å². The Morgan fingerprint density at radius 2 is 1.85 bits per heavy atom. The zero-order valence-corrected chi connectivity index (χ0v) is 15.0. The average Bonchev–Trinajstić information content (AvgIpc) is 2.92. The Kier molecular flexibility index (Phi) is 4.97. The van der Waals surface area contributed by atoms with Crippen LogP contribution in [0.1, 0.15) is 21.6 Å². The molecule has 0 unspecified atom stereocenters. The van der Waals surface area contributed by atoms with E-state index >= 15 is 0 Å². The van der Waals surface area contributed by atoms with Crippen LogP contribution in [0.15, 0.2) is 42.5 Å². The van der Waals surface area contributed by atoms with Gasteiger partial charge in [-0.15, -0.1) is 0 Å². The number of ether oxygens (including phenoxy) is 1. The molecule has 134 valence electrons. The van der Waals surface area contributed by atoms with Gasteiger partial charge in [0.25, 0.3) is 5.91 Å². The molecule has 2 N–H and O–H groups in total. The molecule has 0 saturated carbocycles. The maximum absolute atomic E-state index is 13.1. The highest BCUT2D eigenvalue weighted by Crippen LogP contribution is 2.31. The number of carbonyl (C=O) groups excluding carboxylic acids is 2. The van der Waals surface area contributed by atoms with Crippen molar-refractivity contribution in [2.24, 2.45) is 5.90 Å². The summed E-state index contributed by atoms with van der Waals surface area (Å²) in [7, 11) is 1.55. The van der Waals surface area contributed by atoms with Crippen molar-refractivity contribution in [3.63, 3.8) is 0 Å². The van der Waals surface area contributed by atoms with E-state index in [4.69, 9.17) is 22.2 Å². The maximum Gasteiger partial charge on any atom is 0.328 e. The van der Waals surface area contributed by atoms with Gasteiger partial charge in [-0.05, 0) is 55.0 Å². The molecule has 0 radical (unpaired) electrons. The largest absolute Gasteiger partial charge is 0.497 e. The van der Waals surface area contributed by atoms with Crippen molar-refractivity contribution in [1.29, 1.82) is 0 Å². The fourth-order valence-corrected chi connectivity index (χ4v) is 3.11. The SMILES string of the molecule is COc1ccc2c(c1)c(CC(=O)ON)c(C)n2C(=O)c1ccc(Cl)cc1. The predicted molar refractivity (Wildman–Crippen MR) is 98.4 cm³/mol. The summed E-state index contributed by atoms with van der Waals surface area (Å²) in [5.74, 6) is 4.79. The van der Waals surface area contributed by atoms with Crippen LogP contribution in [0, 0.1) is 6.92 Å². The molecule has 0 fully saturated rings. The van der Waals surface area contributed by atoms with E-state index in [1.807, 2.05) is 0 Å². The van der Waals surface area contributed by atoms with Crippen LogP contribution in [0.2, 0.25) is 5.02 Å². The molecule has 0 aliphatic heterocycles. The van der Waals surface area contributed by atoms with Crippen LogP contribution in [0.5, 0.6) is 5.75 Å². The molecule has 1 aromatic heterocycles. The minimum Gasteiger partial charge on any atom is -0.497 e. The van der Waals surface area contributed by atoms with Crippen LogP contribution < -0.4 is 10.6 Å². The number of hydrogen-bond donors (Lipinski definition) is 1. The molecule has 0 aliphatic rings. The quantitative estimate of drug-likeness (QED) is 0.711. The first kappa shape index (κ1) is 18.0. The highest BCUT2D eigenvalue weighted by atomic mass is 35.5. The van der Waals surface area contributed by atoms with Crippen LogP contribution in [0.4, 0.5) is 0 Å². The van der Waals surface area contributed by atoms with Gasteiger partial charge in [0.05, 0.1) is 19.0 Å². The van der Waals surface area contributed by atoms with E-state index in [-0.39, 0.29) is 12.3 Å². The molecular weight excluding hydrogens is 356 g/mol. The molecule has 0 bridgehead atoms. The van der Waals surface area contributed by atoms with E-state index in [2.05, 4.69) is 4.84 Å². The summed E-state index contributed by atoms with van der Waals surface area (Å²) in [5.41, 5.74) is 2.46. The van der Waals surface area contributed by atoms with Crippen LogP contribution in [0.3, 0.4) is 0 Å². The van der Waals surface area contributed by atoms with Crippen molar-refractivity contribution in [3.05, 3.63) is 64.3 Å². The van der Waals surface area contributed by atoms with Crippen LogP contribution >= 0.6 is 11.6 Å². The van der Waals surface area contributed by atoms with Gasteiger partial charge in [-0.1, -0.05) is 11.6 Å². The van der Waals surface area contributed by atoms with E-state index in [1.165, 1.54) is 0 Å². The summed E-state index contributed by atoms with van der Waals surface area (Å²) < 4.78 is 6.83. The van der Waals surface area contributed by atoms with Crippen molar-refractivity contribution >= 4 is 34.4 Å². The molecule has 6 nitrogen and oxygen atoms in total. The lowest BCUT2D eigenvalue weighted by Gasteiger charge is -2.08. The number of nitrogens with zero attached hydrogens (tertiary/aromatic N) is 1. The summed E-state index contributed by atoms with van der Waals surface area (Å²) in [5, 5.41) is 1.28. The minimum atomic E-state index is -0.589. The first-order valence-corrected chi connectivity index (χ1v) is 8.21. The van der Waals surface area contributed by atoms with Gasteiger partial charge in [-0.25, -0.2) is 0 Å². The highest BCUT2D eigenvalue weighted by Gasteiger charge is 2.22. The number of methoxy groups -OCH3 is 1. The first-order valence-electron chi connectivity index (χ1n) is 7.84. The molecule has 1 heterocycles. The van der Waals surface area contributed by atoms with Crippen LogP contribution in [-0.4, -0.2) is 23.6 Å². The molecule has 7 heteroatoms. The van der Waals surface area contributed by atoms with E-state index in [9.17, 15) is 9.59 Å². The van der Waals surface area contributed by atoms with Gasteiger partial charge in [-0.2, -0.15) is 5.90 Å². The van der Waals surface area contributed by atoms with Crippen LogP contribution in [-0.2, 0) is 16.1 Å². The topological polar surface area (TPSA) is 83.5 Å². The molecule has 0 atom stereocenters. The van der Waals surface area contributed by atoms with Gasteiger partial charge < -0.3 is 9.57 Å². The molecule has 0 saturated heterocycles. The summed E-state index contributed by atoms with van der Waals surface area (Å²) in [4.78, 5) is 29.1. The van der Waals surface area contributed by atoms with E-state index in [1.54, 1.807) is 61.1 Å². The first-order chi connectivity index (χ1) is 12.5. The fourth-order valence-electron chi connectivity index (χ4n) is 2.98. The molecule has 0 aliphatic carbocycles. The number of aromatic nitrogens is 1. The number of benzene rings is 2. The normalized spacial score (nSPS) is 10.8. The van der Waals surface area contributed by atoms with Crippen molar-refractivity contribution in [3.8, 4) is 5.75 Å². The van der Waals surface area contributed by atoms with E-state index in [0.717, 1.165) is 5.39 Å². The van der Waals surface area contributed by atoms with Gasteiger partial charge in [0.1, 0.15) is 5.75 Å². The number of nitrogens with two attached hydrogens (primary N) is 1. The minimum absolute atomic E-state index is 0.0487. The molecule has 0 spiro atoms. The van der Waals surface area contributed by atoms with Gasteiger partial charge in [0.2, 0.25) is 0 Å².